The van der Waals surface area contributed by atoms with Crippen molar-refractivity contribution >= 4 is 0 Å². The van der Waals surface area contributed by atoms with Gasteiger partial charge in [0, 0.05) is 0 Å². The maximum atomic E-state index is 5.37. The predicted octanol–water partition coefficient (Wildman–Crippen LogP) is 0.401. The molecule has 2 fully saturated rings. The van der Waals surface area contributed by atoms with Crippen molar-refractivity contribution in [3.05, 3.63) is 0 Å². The van der Waals surface area contributed by atoms with Gasteiger partial charge in [-0.05, 0) is 25.3 Å². The second kappa shape index (κ2) is 4.21. The van der Waals surface area contributed by atoms with Crippen molar-refractivity contribution < 1.29 is 9.47 Å². The van der Waals surface area contributed by atoms with Gasteiger partial charge in [0.05, 0.1) is 32.5 Å². The summed E-state index contributed by atoms with van der Waals surface area (Å²) in [5, 5.41) is 3.47. The second-order valence-corrected chi connectivity index (χ2v) is 3.70. The normalized spacial score (nSPS) is 27.0. The number of ether oxygens (including phenoxy) is 2. The molecule has 1 aliphatic heterocycles. The molecule has 0 aromatic rings. The lowest BCUT2D eigenvalue weighted by atomic mass is 10.3. The summed E-state index contributed by atoms with van der Waals surface area (Å²) in [5.41, 5.74) is 0. The molecule has 0 aromatic heterocycles. The van der Waals surface area contributed by atoms with Gasteiger partial charge in [-0.1, -0.05) is 0 Å². The first kappa shape index (κ1) is 8.48. The Morgan fingerprint density at radius 3 is 2.33 bits per heavy atom. The van der Waals surface area contributed by atoms with E-state index in [1.54, 1.807) is 0 Å². The third-order valence-electron chi connectivity index (χ3n) is 2.40. The highest BCUT2D eigenvalue weighted by Gasteiger charge is 2.22. The van der Waals surface area contributed by atoms with E-state index in [0.717, 1.165) is 38.9 Å². The van der Waals surface area contributed by atoms with E-state index < -0.39 is 0 Å². The molecule has 0 spiro atoms. The van der Waals surface area contributed by atoms with Crippen molar-refractivity contribution in [1.82, 2.24) is 5.32 Å². The van der Waals surface area contributed by atoms with E-state index in [9.17, 15) is 0 Å². The summed E-state index contributed by atoms with van der Waals surface area (Å²) in [6.07, 6.45) is 2.81. The minimum absolute atomic E-state index is 0.424. The van der Waals surface area contributed by atoms with Crippen LogP contribution in [0.25, 0.3) is 0 Å². The monoisotopic (exact) mass is 171 g/mol. The van der Waals surface area contributed by atoms with Crippen LogP contribution in [0, 0.1) is 5.92 Å². The minimum atomic E-state index is 0.424. The molecule has 12 heavy (non-hydrogen) atoms. The molecule has 0 amide bonds. The zero-order chi connectivity index (χ0) is 8.23. The van der Waals surface area contributed by atoms with E-state index >= 15 is 0 Å². The molecule has 0 atom stereocenters. The van der Waals surface area contributed by atoms with Crippen LogP contribution in [0.4, 0.5) is 0 Å². The third-order valence-corrected chi connectivity index (χ3v) is 2.40. The van der Waals surface area contributed by atoms with E-state index in [0.29, 0.717) is 6.04 Å². The summed E-state index contributed by atoms with van der Waals surface area (Å²) < 4.78 is 10.7. The first-order valence-corrected chi connectivity index (χ1v) is 4.84. The average molecular weight is 171 g/mol. The van der Waals surface area contributed by atoms with Crippen LogP contribution >= 0.6 is 0 Å². The standard InChI is InChI=1S/C9H17NO2/c1-2-8(1)5-10-9-6-11-3-4-12-7-9/h8-10H,1-7H2. The van der Waals surface area contributed by atoms with Gasteiger partial charge in [-0.2, -0.15) is 0 Å². The van der Waals surface area contributed by atoms with Gasteiger partial charge in [-0.3, -0.25) is 0 Å². The Labute approximate surface area is 73.4 Å². The molecule has 0 bridgehead atoms. The lowest BCUT2D eigenvalue weighted by Gasteiger charge is -2.14. The Kier molecular flexibility index (Phi) is 2.98. The summed E-state index contributed by atoms with van der Waals surface area (Å²) in [6, 6.07) is 0.424. The molecule has 1 saturated heterocycles. The van der Waals surface area contributed by atoms with Crippen LogP contribution in [0.15, 0.2) is 0 Å². The van der Waals surface area contributed by atoms with Crippen molar-refractivity contribution in [2.24, 2.45) is 5.92 Å². The zero-order valence-corrected chi connectivity index (χ0v) is 7.42. The molecular weight excluding hydrogens is 154 g/mol. The predicted molar refractivity (Wildman–Crippen MR) is 46.2 cm³/mol. The van der Waals surface area contributed by atoms with Gasteiger partial charge >= 0.3 is 0 Å². The molecule has 0 aromatic carbocycles. The Morgan fingerprint density at radius 1 is 1.08 bits per heavy atom. The van der Waals surface area contributed by atoms with Crippen molar-refractivity contribution in [3.63, 3.8) is 0 Å². The van der Waals surface area contributed by atoms with E-state index in [-0.39, 0.29) is 0 Å². The first-order chi connectivity index (χ1) is 5.95. The quantitative estimate of drug-likeness (QED) is 0.667. The molecule has 3 heteroatoms. The molecule has 2 aliphatic rings. The molecule has 1 saturated carbocycles. The smallest absolute Gasteiger partial charge is 0.0701 e. The van der Waals surface area contributed by atoms with E-state index in [1.807, 2.05) is 0 Å². The molecule has 1 N–H and O–H groups in total. The summed E-state index contributed by atoms with van der Waals surface area (Å²) >= 11 is 0. The van der Waals surface area contributed by atoms with Crippen LogP contribution in [-0.4, -0.2) is 39.0 Å². The van der Waals surface area contributed by atoms with Crippen LogP contribution < -0.4 is 5.32 Å². The third kappa shape index (κ3) is 2.73. The molecule has 2 rings (SSSR count). The fraction of sp³-hybridized carbons (Fsp3) is 1.00. The highest BCUT2D eigenvalue weighted by Crippen LogP contribution is 2.27. The molecule has 3 nitrogen and oxygen atoms in total. The Hall–Kier alpha value is -0.120. The summed E-state index contributed by atoms with van der Waals surface area (Å²) in [7, 11) is 0. The van der Waals surface area contributed by atoms with Crippen molar-refractivity contribution in [3.8, 4) is 0 Å². The fourth-order valence-corrected chi connectivity index (χ4v) is 1.39. The van der Waals surface area contributed by atoms with Gasteiger partial charge in [-0.25, -0.2) is 0 Å². The first-order valence-electron chi connectivity index (χ1n) is 4.84. The van der Waals surface area contributed by atoms with Crippen molar-refractivity contribution in [1.29, 1.82) is 0 Å². The topological polar surface area (TPSA) is 30.5 Å². The second-order valence-electron chi connectivity index (χ2n) is 3.70. The van der Waals surface area contributed by atoms with Crippen LogP contribution in [-0.2, 0) is 9.47 Å². The Bertz CT molecular complexity index is 128. The summed E-state index contributed by atoms with van der Waals surface area (Å²) in [6.45, 7) is 4.28. The highest BCUT2D eigenvalue weighted by atomic mass is 16.5. The number of hydrogen-bond donors (Lipinski definition) is 1. The van der Waals surface area contributed by atoms with E-state index in [4.69, 9.17) is 9.47 Å². The average Bonchev–Trinajstić information content (AvgIpc) is 2.90. The molecule has 70 valence electrons. The maximum absolute atomic E-state index is 5.37. The molecule has 1 heterocycles. The van der Waals surface area contributed by atoms with Crippen LogP contribution in [0.2, 0.25) is 0 Å². The van der Waals surface area contributed by atoms with E-state index in [2.05, 4.69) is 5.32 Å². The van der Waals surface area contributed by atoms with Gasteiger partial charge < -0.3 is 14.8 Å². The lowest BCUT2D eigenvalue weighted by molar-refractivity contribution is 0.103. The van der Waals surface area contributed by atoms with Gasteiger partial charge in [0.1, 0.15) is 0 Å². The number of rotatable bonds is 3. The lowest BCUT2D eigenvalue weighted by Crippen LogP contribution is -2.37. The van der Waals surface area contributed by atoms with Gasteiger partial charge in [-0.15, -0.1) is 0 Å². The fourth-order valence-electron chi connectivity index (χ4n) is 1.39. The molecular formula is C9H17NO2. The SMILES string of the molecule is C1COCC(NCC2CC2)CO1. The molecule has 1 aliphatic carbocycles. The van der Waals surface area contributed by atoms with E-state index in [1.165, 1.54) is 12.8 Å². The Morgan fingerprint density at radius 2 is 1.75 bits per heavy atom. The van der Waals surface area contributed by atoms with Gasteiger partial charge in [0.25, 0.3) is 0 Å². The summed E-state index contributed by atoms with van der Waals surface area (Å²) in [4.78, 5) is 0. The zero-order valence-electron chi connectivity index (χ0n) is 7.42. The van der Waals surface area contributed by atoms with Crippen molar-refractivity contribution in [2.45, 2.75) is 18.9 Å². The molecule has 0 unspecified atom stereocenters. The van der Waals surface area contributed by atoms with Gasteiger partial charge in [0.15, 0.2) is 0 Å². The van der Waals surface area contributed by atoms with Crippen LogP contribution in [0.3, 0.4) is 0 Å². The number of nitrogens with one attached hydrogen (secondary N) is 1. The van der Waals surface area contributed by atoms with Crippen LogP contribution in [0.5, 0.6) is 0 Å². The molecule has 0 radical (unpaired) electrons. The minimum Gasteiger partial charge on any atom is -0.377 e. The van der Waals surface area contributed by atoms with Gasteiger partial charge in [0.2, 0.25) is 0 Å². The Balaban J connectivity index is 1.62. The maximum Gasteiger partial charge on any atom is 0.0701 e. The largest absolute Gasteiger partial charge is 0.377 e. The number of hydrogen-bond acceptors (Lipinski definition) is 3. The highest BCUT2D eigenvalue weighted by molar-refractivity contribution is 4.78. The summed E-state index contributed by atoms with van der Waals surface area (Å²) in [5.74, 6) is 0.938. The van der Waals surface area contributed by atoms with Crippen molar-refractivity contribution in [2.75, 3.05) is 33.0 Å². The van der Waals surface area contributed by atoms with Crippen LogP contribution in [0.1, 0.15) is 12.8 Å².